The highest BCUT2D eigenvalue weighted by atomic mass is 16.4. The van der Waals surface area contributed by atoms with Crippen LogP contribution in [0, 0.1) is 5.92 Å². The van der Waals surface area contributed by atoms with Gasteiger partial charge in [0.25, 0.3) is 5.91 Å². The molecule has 5 nitrogen and oxygen atoms in total. The van der Waals surface area contributed by atoms with Gasteiger partial charge in [0, 0.05) is 18.4 Å². The topological polar surface area (TPSA) is 83.5 Å². The van der Waals surface area contributed by atoms with Crippen molar-refractivity contribution >= 4 is 17.7 Å². The van der Waals surface area contributed by atoms with E-state index in [1.54, 1.807) is 30.3 Å². The number of benzene rings is 1. The Hall–Kier alpha value is -2.17. The highest BCUT2D eigenvalue weighted by Gasteiger charge is 2.33. The molecule has 0 unspecified atom stereocenters. The summed E-state index contributed by atoms with van der Waals surface area (Å²) in [6.07, 6.45) is 2.08. The van der Waals surface area contributed by atoms with E-state index in [2.05, 4.69) is 5.32 Å². The third kappa shape index (κ3) is 3.44. The lowest BCUT2D eigenvalue weighted by Crippen LogP contribution is -2.47. The largest absolute Gasteiger partial charge is 0.480 e. The van der Waals surface area contributed by atoms with Gasteiger partial charge in [0.1, 0.15) is 11.8 Å². The van der Waals surface area contributed by atoms with Crippen LogP contribution in [0.15, 0.2) is 30.3 Å². The number of nitrogens with one attached hydrogen (secondary N) is 1. The standard InChI is InChI=1S/C15H17NO4/c17-12-8-4-7-11(9-12)13(15(19)20)16-14(18)10-5-2-1-3-6-10/h1-3,5-6,11,13H,4,7-9H2,(H,16,18)(H,19,20)/t11-,13-/m1/s1. The fourth-order valence-corrected chi connectivity index (χ4v) is 2.54. The van der Waals surface area contributed by atoms with E-state index in [1.165, 1.54) is 0 Å². The van der Waals surface area contributed by atoms with Crippen LogP contribution in [0.5, 0.6) is 0 Å². The van der Waals surface area contributed by atoms with E-state index in [-0.39, 0.29) is 18.1 Å². The summed E-state index contributed by atoms with van der Waals surface area (Å²) in [6, 6.07) is 7.46. The lowest BCUT2D eigenvalue weighted by Gasteiger charge is -2.27. The molecule has 1 fully saturated rings. The number of carboxylic acids is 1. The van der Waals surface area contributed by atoms with Gasteiger partial charge in [-0.3, -0.25) is 9.59 Å². The fourth-order valence-electron chi connectivity index (χ4n) is 2.54. The number of hydrogen-bond acceptors (Lipinski definition) is 3. The van der Waals surface area contributed by atoms with E-state index in [1.807, 2.05) is 0 Å². The van der Waals surface area contributed by atoms with Crippen molar-refractivity contribution in [3.05, 3.63) is 35.9 Å². The van der Waals surface area contributed by atoms with Crippen LogP contribution < -0.4 is 5.32 Å². The molecule has 0 saturated heterocycles. The van der Waals surface area contributed by atoms with Crippen LogP contribution in [0.25, 0.3) is 0 Å². The quantitative estimate of drug-likeness (QED) is 0.874. The minimum absolute atomic E-state index is 0.0708. The minimum Gasteiger partial charge on any atom is -0.480 e. The third-order valence-corrected chi connectivity index (χ3v) is 3.58. The van der Waals surface area contributed by atoms with Gasteiger partial charge in [0.2, 0.25) is 0 Å². The molecule has 2 rings (SSSR count). The van der Waals surface area contributed by atoms with Gasteiger partial charge in [-0.15, -0.1) is 0 Å². The van der Waals surface area contributed by atoms with Crippen LogP contribution in [0.4, 0.5) is 0 Å². The van der Waals surface area contributed by atoms with E-state index >= 15 is 0 Å². The average molecular weight is 275 g/mol. The van der Waals surface area contributed by atoms with Crippen LogP contribution in [0.1, 0.15) is 36.0 Å². The minimum atomic E-state index is -1.09. The van der Waals surface area contributed by atoms with Crippen molar-refractivity contribution in [1.29, 1.82) is 0 Å². The SMILES string of the molecule is O=C1CCC[C@@H]([C@@H](NC(=O)c2ccccc2)C(=O)O)C1. The summed E-state index contributed by atoms with van der Waals surface area (Å²) < 4.78 is 0. The van der Waals surface area contributed by atoms with E-state index in [0.29, 0.717) is 24.8 Å². The molecule has 0 spiro atoms. The molecule has 1 aromatic rings. The molecule has 1 saturated carbocycles. The molecule has 2 atom stereocenters. The van der Waals surface area contributed by atoms with Crippen molar-refractivity contribution in [3.8, 4) is 0 Å². The number of amides is 1. The van der Waals surface area contributed by atoms with Crippen LogP contribution in [0.3, 0.4) is 0 Å². The van der Waals surface area contributed by atoms with Crippen molar-refractivity contribution < 1.29 is 19.5 Å². The second-order valence-corrected chi connectivity index (χ2v) is 5.05. The van der Waals surface area contributed by atoms with E-state index in [4.69, 9.17) is 0 Å². The van der Waals surface area contributed by atoms with Crippen LogP contribution >= 0.6 is 0 Å². The third-order valence-electron chi connectivity index (χ3n) is 3.58. The first-order valence-corrected chi connectivity index (χ1v) is 6.68. The van der Waals surface area contributed by atoms with Gasteiger partial charge >= 0.3 is 5.97 Å². The Kier molecular flexibility index (Phi) is 4.50. The summed E-state index contributed by atoms with van der Waals surface area (Å²) in [5.41, 5.74) is 0.417. The molecule has 106 valence electrons. The van der Waals surface area contributed by atoms with Gasteiger partial charge in [-0.1, -0.05) is 18.2 Å². The van der Waals surface area contributed by atoms with Crippen molar-refractivity contribution in [3.63, 3.8) is 0 Å². The summed E-state index contributed by atoms with van der Waals surface area (Å²) in [6.45, 7) is 0. The summed E-state index contributed by atoms with van der Waals surface area (Å²) in [5, 5.41) is 11.8. The van der Waals surface area contributed by atoms with Crippen molar-refractivity contribution in [2.24, 2.45) is 5.92 Å². The summed E-state index contributed by atoms with van der Waals surface area (Å²) in [4.78, 5) is 34.8. The average Bonchev–Trinajstić information content (AvgIpc) is 2.45. The molecule has 0 aliphatic heterocycles. The number of aliphatic carboxylic acids is 1. The molecule has 5 heteroatoms. The molecule has 1 aliphatic carbocycles. The maximum atomic E-state index is 12.0. The van der Waals surface area contributed by atoms with Gasteiger partial charge in [0.05, 0.1) is 0 Å². The first kappa shape index (κ1) is 14.2. The predicted molar refractivity (Wildman–Crippen MR) is 72.3 cm³/mol. The zero-order chi connectivity index (χ0) is 14.5. The van der Waals surface area contributed by atoms with E-state index in [0.717, 1.165) is 0 Å². The Labute approximate surface area is 117 Å². The number of ketones is 1. The van der Waals surface area contributed by atoms with Crippen LogP contribution in [-0.2, 0) is 9.59 Å². The first-order valence-electron chi connectivity index (χ1n) is 6.68. The molecule has 1 aliphatic rings. The molecule has 1 amide bonds. The van der Waals surface area contributed by atoms with Crippen molar-refractivity contribution in [2.75, 3.05) is 0 Å². The predicted octanol–water partition coefficient (Wildman–Crippen LogP) is 1.63. The number of carboxylic acid groups (broad SMARTS) is 1. The highest BCUT2D eigenvalue weighted by molar-refractivity contribution is 5.96. The second kappa shape index (κ2) is 6.32. The Morgan fingerprint density at radius 3 is 2.55 bits per heavy atom. The number of hydrogen-bond donors (Lipinski definition) is 2. The monoisotopic (exact) mass is 275 g/mol. The van der Waals surface area contributed by atoms with Gasteiger partial charge < -0.3 is 10.4 Å². The molecule has 0 bridgehead atoms. The molecule has 1 aromatic carbocycles. The molecule has 0 radical (unpaired) electrons. The lowest BCUT2D eigenvalue weighted by molar-refractivity contribution is -0.141. The molecule has 0 heterocycles. The lowest BCUT2D eigenvalue weighted by atomic mass is 9.83. The Morgan fingerprint density at radius 1 is 1.25 bits per heavy atom. The smallest absolute Gasteiger partial charge is 0.326 e. The van der Waals surface area contributed by atoms with Gasteiger partial charge in [-0.2, -0.15) is 0 Å². The molecule has 2 N–H and O–H groups in total. The van der Waals surface area contributed by atoms with E-state index in [9.17, 15) is 19.5 Å². The van der Waals surface area contributed by atoms with Gasteiger partial charge in [0.15, 0.2) is 0 Å². The van der Waals surface area contributed by atoms with Crippen molar-refractivity contribution in [1.82, 2.24) is 5.32 Å². The molecular formula is C15H17NO4. The summed E-state index contributed by atoms with van der Waals surface area (Å²) in [5.74, 6) is -1.76. The van der Waals surface area contributed by atoms with Gasteiger partial charge in [-0.05, 0) is 30.9 Å². The Bertz CT molecular complexity index is 512. The van der Waals surface area contributed by atoms with E-state index < -0.39 is 17.9 Å². The summed E-state index contributed by atoms with van der Waals surface area (Å²) in [7, 11) is 0. The maximum absolute atomic E-state index is 12.0. The van der Waals surface area contributed by atoms with Crippen LogP contribution in [-0.4, -0.2) is 28.8 Å². The second-order valence-electron chi connectivity index (χ2n) is 5.05. The fraction of sp³-hybridized carbons (Fsp3) is 0.400. The zero-order valence-corrected chi connectivity index (χ0v) is 11.0. The Morgan fingerprint density at radius 2 is 1.95 bits per heavy atom. The molecular weight excluding hydrogens is 258 g/mol. The number of rotatable bonds is 4. The van der Waals surface area contributed by atoms with Crippen molar-refractivity contribution in [2.45, 2.75) is 31.7 Å². The zero-order valence-electron chi connectivity index (χ0n) is 11.0. The Balaban J connectivity index is 2.08. The van der Waals surface area contributed by atoms with Gasteiger partial charge in [-0.25, -0.2) is 4.79 Å². The molecule has 0 aromatic heterocycles. The number of carbonyl (C=O) groups excluding carboxylic acids is 2. The molecule has 20 heavy (non-hydrogen) atoms. The van der Waals surface area contributed by atoms with Crippen LogP contribution in [0.2, 0.25) is 0 Å². The highest BCUT2D eigenvalue weighted by Crippen LogP contribution is 2.24. The maximum Gasteiger partial charge on any atom is 0.326 e. The normalized spacial score (nSPS) is 20.2. The first-order chi connectivity index (χ1) is 9.58. The number of Topliss-reactive ketones (excluding diaryl/α,β-unsaturated/α-hetero) is 1. The number of carbonyl (C=O) groups is 3. The summed E-state index contributed by atoms with van der Waals surface area (Å²) >= 11 is 0.